The fourth-order valence-electron chi connectivity index (χ4n) is 3.25. The molecule has 0 aliphatic carbocycles. The maximum absolute atomic E-state index is 13.0. The van der Waals surface area contributed by atoms with Crippen LogP contribution in [0.2, 0.25) is 0 Å². The molecule has 146 valence electrons. The summed E-state index contributed by atoms with van der Waals surface area (Å²) < 4.78 is 3.63. The predicted molar refractivity (Wildman–Crippen MR) is 112 cm³/mol. The number of benzene rings is 2. The van der Waals surface area contributed by atoms with Gasteiger partial charge in [0.05, 0.1) is 12.6 Å². The number of aryl methyl sites for hydroxylation is 1. The zero-order valence-electron chi connectivity index (χ0n) is 16.5. The highest BCUT2D eigenvalue weighted by Gasteiger charge is 2.22. The molecule has 0 fully saturated rings. The molecule has 1 N–H and O–H groups in total. The molecule has 2 heterocycles. The van der Waals surface area contributed by atoms with Crippen LogP contribution in [0.1, 0.15) is 40.1 Å². The number of rotatable bonds is 6. The molecule has 4 rings (SSSR count). The van der Waals surface area contributed by atoms with Gasteiger partial charge in [0, 0.05) is 12.4 Å². The van der Waals surface area contributed by atoms with Crippen molar-refractivity contribution in [3.05, 3.63) is 102 Å². The molecule has 0 bridgehead atoms. The zero-order chi connectivity index (χ0) is 20.2. The van der Waals surface area contributed by atoms with E-state index in [0.717, 1.165) is 11.1 Å². The number of carbonyl (C=O) groups excluding carboxylic acids is 1. The molecule has 6 nitrogen and oxygen atoms in total. The fourth-order valence-corrected chi connectivity index (χ4v) is 3.25. The summed E-state index contributed by atoms with van der Waals surface area (Å²) in [7, 11) is 0. The minimum Gasteiger partial charge on any atom is -0.344 e. The first-order valence-electron chi connectivity index (χ1n) is 9.60. The maximum Gasteiger partial charge on any atom is 0.276 e. The molecule has 1 atom stereocenters. The van der Waals surface area contributed by atoms with Gasteiger partial charge in [0.25, 0.3) is 5.91 Å². The summed E-state index contributed by atoms with van der Waals surface area (Å²) in [4.78, 5) is 13.0. The van der Waals surface area contributed by atoms with Crippen molar-refractivity contribution in [2.24, 2.45) is 0 Å². The summed E-state index contributed by atoms with van der Waals surface area (Å²) in [6.07, 6.45) is 3.78. The van der Waals surface area contributed by atoms with Crippen LogP contribution >= 0.6 is 0 Å². The van der Waals surface area contributed by atoms with Crippen LogP contribution in [0, 0.1) is 6.92 Å². The van der Waals surface area contributed by atoms with Gasteiger partial charge >= 0.3 is 0 Å². The van der Waals surface area contributed by atoms with Crippen molar-refractivity contribution in [3.8, 4) is 5.82 Å². The molecule has 0 spiro atoms. The molecule has 0 aliphatic heterocycles. The quantitative estimate of drug-likeness (QED) is 0.547. The second-order valence-corrected chi connectivity index (χ2v) is 7.10. The number of nitrogens with zero attached hydrogens (tertiary/aromatic N) is 4. The van der Waals surface area contributed by atoms with Crippen LogP contribution in [-0.4, -0.2) is 25.5 Å². The predicted octanol–water partition coefficient (Wildman–Crippen LogP) is 3.92. The van der Waals surface area contributed by atoms with Crippen LogP contribution < -0.4 is 5.32 Å². The Morgan fingerprint density at radius 3 is 2.38 bits per heavy atom. The monoisotopic (exact) mass is 385 g/mol. The maximum atomic E-state index is 13.0. The summed E-state index contributed by atoms with van der Waals surface area (Å²) in [6.45, 7) is 4.54. The number of nitrogens with one attached hydrogen (secondary N) is 1. The zero-order valence-corrected chi connectivity index (χ0v) is 16.5. The normalized spacial score (nSPS) is 11.9. The lowest BCUT2D eigenvalue weighted by molar-refractivity contribution is 0.0934. The summed E-state index contributed by atoms with van der Waals surface area (Å²) >= 11 is 0. The Morgan fingerprint density at radius 2 is 1.69 bits per heavy atom. The van der Waals surface area contributed by atoms with Crippen molar-refractivity contribution in [2.75, 3.05) is 0 Å². The first kappa shape index (κ1) is 18.7. The van der Waals surface area contributed by atoms with Crippen molar-refractivity contribution in [1.82, 2.24) is 24.9 Å². The minimum absolute atomic E-state index is 0.136. The number of hydrogen-bond acceptors (Lipinski definition) is 3. The van der Waals surface area contributed by atoms with Crippen molar-refractivity contribution >= 4 is 5.91 Å². The highest BCUT2D eigenvalue weighted by molar-refractivity contribution is 5.95. The lowest BCUT2D eigenvalue weighted by Crippen LogP contribution is -2.28. The molecule has 29 heavy (non-hydrogen) atoms. The van der Waals surface area contributed by atoms with Crippen molar-refractivity contribution in [2.45, 2.75) is 26.4 Å². The molecule has 0 aliphatic rings. The van der Waals surface area contributed by atoms with Gasteiger partial charge in [-0.15, -0.1) is 5.10 Å². The molecule has 0 radical (unpaired) electrons. The third-order valence-corrected chi connectivity index (χ3v) is 4.87. The lowest BCUT2D eigenvalue weighted by Gasteiger charge is -2.14. The molecular formula is C23H23N5O. The van der Waals surface area contributed by atoms with Gasteiger partial charge < -0.3 is 9.88 Å². The average Bonchev–Trinajstić information content (AvgIpc) is 3.40. The average molecular weight is 385 g/mol. The Bertz CT molecular complexity index is 1080. The van der Waals surface area contributed by atoms with Crippen molar-refractivity contribution < 1.29 is 4.79 Å². The van der Waals surface area contributed by atoms with Crippen LogP contribution in [0.25, 0.3) is 5.82 Å². The first-order valence-corrected chi connectivity index (χ1v) is 9.60. The van der Waals surface area contributed by atoms with Gasteiger partial charge in [-0.2, -0.15) is 0 Å². The molecule has 0 saturated heterocycles. The fraction of sp³-hybridized carbons (Fsp3) is 0.174. The number of carbonyl (C=O) groups is 1. The summed E-state index contributed by atoms with van der Waals surface area (Å²) in [5.41, 5.74) is 3.64. The van der Waals surface area contributed by atoms with E-state index in [1.165, 1.54) is 5.56 Å². The minimum atomic E-state index is -0.250. The second kappa shape index (κ2) is 8.14. The van der Waals surface area contributed by atoms with E-state index >= 15 is 0 Å². The van der Waals surface area contributed by atoms with E-state index in [4.69, 9.17) is 0 Å². The van der Waals surface area contributed by atoms with Crippen LogP contribution in [0.3, 0.4) is 0 Å². The molecular weight excluding hydrogens is 362 g/mol. The van der Waals surface area contributed by atoms with E-state index in [9.17, 15) is 4.79 Å². The Balaban J connectivity index is 1.63. The molecule has 1 amide bonds. The molecule has 2 aromatic heterocycles. The molecule has 0 unspecified atom stereocenters. The van der Waals surface area contributed by atoms with Gasteiger partial charge in [-0.1, -0.05) is 65.4 Å². The summed E-state index contributed by atoms with van der Waals surface area (Å²) in [5.74, 6) is 0.397. The summed E-state index contributed by atoms with van der Waals surface area (Å²) in [6, 6.07) is 21.8. The van der Waals surface area contributed by atoms with Crippen LogP contribution in [0.15, 0.2) is 79.1 Å². The van der Waals surface area contributed by atoms with Crippen LogP contribution in [0.4, 0.5) is 0 Å². The van der Waals surface area contributed by atoms with Gasteiger partial charge in [-0.05, 0) is 37.1 Å². The van der Waals surface area contributed by atoms with Gasteiger partial charge in [0.2, 0.25) is 0 Å². The standard InChI is InChI=1S/C23H23N5O/c1-17-10-12-19(13-11-17)16-28-23(27-14-6-7-15-27)21(25-26-28)22(29)24-18(2)20-8-4-3-5-9-20/h3-15,18H,16H2,1-2H3,(H,24,29)/t18-/m0/s1. The molecule has 4 aromatic rings. The number of aromatic nitrogens is 4. The lowest BCUT2D eigenvalue weighted by atomic mass is 10.1. The highest BCUT2D eigenvalue weighted by Crippen LogP contribution is 2.17. The van der Waals surface area contributed by atoms with E-state index < -0.39 is 0 Å². The van der Waals surface area contributed by atoms with Crippen molar-refractivity contribution in [3.63, 3.8) is 0 Å². The Morgan fingerprint density at radius 1 is 1.00 bits per heavy atom. The largest absolute Gasteiger partial charge is 0.344 e. The third kappa shape index (κ3) is 4.11. The Labute approximate surface area is 169 Å². The van der Waals surface area contributed by atoms with Crippen LogP contribution in [0.5, 0.6) is 0 Å². The van der Waals surface area contributed by atoms with E-state index in [0.29, 0.717) is 18.1 Å². The Hall–Kier alpha value is -3.67. The topological polar surface area (TPSA) is 64.7 Å². The Kier molecular flexibility index (Phi) is 5.24. The van der Waals surface area contributed by atoms with E-state index in [2.05, 4.69) is 46.8 Å². The molecule has 6 heteroatoms. The first-order chi connectivity index (χ1) is 14.1. The molecule has 0 saturated carbocycles. The van der Waals surface area contributed by atoms with E-state index in [1.807, 2.05) is 66.3 Å². The van der Waals surface area contributed by atoms with Gasteiger partial charge in [0.15, 0.2) is 11.5 Å². The van der Waals surface area contributed by atoms with E-state index in [-0.39, 0.29) is 11.9 Å². The van der Waals surface area contributed by atoms with E-state index in [1.54, 1.807) is 4.68 Å². The number of hydrogen-bond donors (Lipinski definition) is 1. The van der Waals surface area contributed by atoms with Gasteiger partial charge in [-0.25, -0.2) is 4.68 Å². The van der Waals surface area contributed by atoms with Gasteiger partial charge in [0.1, 0.15) is 0 Å². The molecule has 2 aromatic carbocycles. The third-order valence-electron chi connectivity index (χ3n) is 4.87. The van der Waals surface area contributed by atoms with Crippen molar-refractivity contribution in [1.29, 1.82) is 0 Å². The highest BCUT2D eigenvalue weighted by atomic mass is 16.2. The van der Waals surface area contributed by atoms with Crippen LogP contribution in [-0.2, 0) is 6.54 Å². The smallest absolute Gasteiger partial charge is 0.276 e. The summed E-state index contributed by atoms with van der Waals surface area (Å²) in [5, 5.41) is 11.5. The second-order valence-electron chi connectivity index (χ2n) is 7.10. The van der Waals surface area contributed by atoms with Gasteiger partial charge in [-0.3, -0.25) is 4.79 Å². The number of amides is 1. The SMILES string of the molecule is Cc1ccc(Cn2nnc(C(=O)N[C@@H](C)c3ccccc3)c2-n2cccc2)cc1.